The molecule has 3 saturated heterocycles. The zero-order chi connectivity index (χ0) is 17.2. The van der Waals surface area contributed by atoms with Crippen LogP contribution in [0.15, 0.2) is 24.5 Å². The van der Waals surface area contributed by atoms with E-state index < -0.39 is 0 Å². The van der Waals surface area contributed by atoms with Crippen molar-refractivity contribution in [1.82, 2.24) is 15.2 Å². The molecule has 4 heterocycles. The van der Waals surface area contributed by atoms with Gasteiger partial charge in [0.25, 0.3) is 5.91 Å². The number of amides is 2. The SMILES string of the molecule is O=C(NC[C@H]1CO[C@@H]2CN(C(=O)C3CCOC3)C[C@H]12)c1cccnc1. The second-order valence-electron chi connectivity index (χ2n) is 7.05. The Morgan fingerprint density at radius 1 is 1.32 bits per heavy atom. The standard InChI is InChI=1S/C18H23N3O4/c22-17(12-2-1-4-19-6-12)20-7-14-11-25-16-9-21(8-15(14)16)18(23)13-3-5-24-10-13/h1-2,4,6,13-16H,3,5,7-11H2,(H,20,22)/t13?,14-,15+,16+/m0/s1. The summed E-state index contributed by atoms with van der Waals surface area (Å²) in [5.74, 6) is 0.602. The van der Waals surface area contributed by atoms with E-state index in [0.29, 0.717) is 50.9 Å². The van der Waals surface area contributed by atoms with E-state index in [4.69, 9.17) is 9.47 Å². The normalized spacial score (nSPS) is 31.1. The molecule has 25 heavy (non-hydrogen) atoms. The van der Waals surface area contributed by atoms with Gasteiger partial charge in [-0.15, -0.1) is 0 Å². The highest BCUT2D eigenvalue weighted by molar-refractivity contribution is 5.93. The molecule has 7 nitrogen and oxygen atoms in total. The van der Waals surface area contributed by atoms with Gasteiger partial charge in [0.05, 0.1) is 30.8 Å². The minimum atomic E-state index is -0.120. The Bertz CT molecular complexity index is 632. The summed E-state index contributed by atoms with van der Waals surface area (Å²) in [5, 5.41) is 2.97. The van der Waals surface area contributed by atoms with Crippen LogP contribution in [0.25, 0.3) is 0 Å². The molecule has 3 aliphatic rings. The molecule has 134 valence electrons. The van der Waals surface area contributed by atoms with Gasteiger partial charge in [-0.2, -0.15) is 0 Å². The molecular weight excluding hydrogens is 322 g/mol. The van der Waals surface area contributed by atoms with E-state index in [1.807, 2.05) is 4.90 Å². The Morgan fingerprint density at radius 3 is 3.00 bits per heavy atom. The summed E-state index contributed by atoms with van der Waals surface area (Å²) in [6, 6.07) is 3.49. The zero-order valence-corrected chi connectivity index (χ0v) is 14.1. The van der Waals surface area contributed by atoms with Crippen LogP contribution in [-0.2, 0) is 14.3 Å². The number of rotatable bonds is 4. The molecule has 0 aliphatic carbocycles. The van der Waals surface area contributed by atoms with E-state index in [1.54, 1.807) is 24.5 Å². The molecule has 1 N–H and O–H groups in total. The molecule has 4 rings (SSSR count). The Morgan fingerprint density at radius 2 is 2.24 bits per heavy atom. The van der Waals surface area contributed by atoms with Crippen molar-refractivity contribution in [2.24, 2.45) is 17.8 Å². The lowest BCUT2D eigenvalue weighted by Crippen LogP contribution is -2.38. The smallest absolute Gasteiger partial charge is 0.252 e. The van der Waals surface area contributed by atoms with E-state index in [1.165, 1.54) is 0 Å². The Hall–Kier alpha value is -1.99. The fraction of sp³-hybridized carbons (Fsp3) is 0.611. The first-order valence-corrected chi connectivity index (χ1v) is 8.88. The first-order valence-electron chi connectivity index (χ1n) is 8.88. The number of pyridine rings is 1. The second kappa shape index (κ2) is 7.09. The molecule has 0 radical (unpaired) electrons. The van der Waals surface area contributed by atoms with Crippen molar-refractivity contribution in [2.45, 2.75) is 12.5 Å². The van der Waals surface area contributed by atoms with E-state index >= 15 is 0 Å². The molecule has 0 bridgehead atoms. The number of ether oxygens (including phenoxy) is 2. The van der Waals surface area contributed by atoms with Crippen LogP contribution >= 0.6 is 0 Å². The predicted octanol–water partition coefficient (Wildman–Crippen LogP) is 0.321. The van der Waals surface area contributed by atoms with Crippen molar-refractivity contribution < 1.29 is 19.1 Å². The maximum atomic E-state index is 12.6. The van der Waals surface area contributed by atoms with Crippen LogP contribution in [0, 0.1) is 17.8 Å². The Balaban J connectivity index is 1.31. The number of nitrogens with one attached hydrogen (secondary N) is 1. The summed E-state index contributed by atoms with van der Waals surface area (Å²) in [4.78, 5) is 30.6. The number of nitrogens with zero attached hydrogens (tertiary/aromatic N) is 2. The molecular formula is C18H23N3O4. The third kappa shape index (κ3) is 3.39. The summed E-state index contributed by atoms with van der Waals surface area (Å²) in [6.45, 7) is 3.79. The molecule has 1 aromatic rings. The lowest BCUT2D eigenvalue weighted by atomic mass is 9.93. The number of hydrogen-bond acceptors (Lipinski definition) is 5. The Kier molecular flexibility index (Phi) is 4.67. The molecule has 1 aromatic heterocycles. The quantitative estimate of drug-likeness (QED) is 0.850. The third-order valence-corrected chi connectivity index (χ3v) is 5.48. The van der Waals surface area contributed by atoms with Crippen molar-refractivity contribution >= 4 is 11.8 Å². The molecule has 3 fully saturated rings. The molecule has 4 atom stereocenters. The van der Waals surface area contributed by atoms with Gasteiger partial charge in [0.15, 0.2) is 0 Å². The first kappa shape index (κ1) is 16.5. The molecule has 3 aliphatic heterocycles. The van der Waals surface area contributed by atoms with Gasteiger partial charge in [0.1, 0.15) is 0 Å². The fourth-order valence-corrected chi connectivity index (χ4v) is 4.00. The summed E-state index contributed by atoms with van der Waals surface area (Å²) < 4.78 is 11.2. The average Bonchev–Trinajstić information content (AvgIpc) is 3.37. The van der Waals surface area contributed by atoms with Crippen LogP contribution in [0.1, 0.15) is 16.8 Å². The number of fused-ring (bicyclic) bond motifs is 1. The Labute approximate surface area is 146 Å². The van der Waals surface area contributed by atoms with E-state index in [0.717, 1.165) is 6.42 Å². The highest BCUT2D eigenvalue weighted by atomic mass is 16.5. The van der Waals surface area contributed by atoms with Gasteiger partial charge in [-0.1, -0.05) is 0 Å². The van der Waals surface area contributed by atoms with Gasteiger partial charge in [0, 0.05) is 50.5 Å². The summed E-state index contributed by atoms with van der Waals surface area (Å²) in [5.41, 5.74) is 0.558. The number of hydrogen-bond donors (Lipinski definition) is 1. The van der Waals surface area contributed by atoms with Crippen molar-refractivity contribution in [3.8, 4) is 0 Å². The minimum absolute atomic E-state index is 0.00237. The molecule has 2 amide bonds. The van der Waals surface area contributed by atoms with Crippen LogP contribution < -0.4 is 5.32 Å². The van der Waals surface area contributed by atoms with Crippen LogP contribution in [0.4, 0.5) is 0 Å². The van der Waals surface area contributed by atoms with Crippen LogP contribution in [-0.4, -0.2) is 67.3 Å². The average molecular weight is 345 g/mol. The van der Waals surface area contributed by atoms with Gasteiger partial charge in [-0.05, 0) is 18.6 Å². The van der Waals surface area contributed by atoms with E-state index in [-0.39, 0.29) is 29.8 Å². The van der Waals surface area contributed by atoms with Crippen molar-refractivity contribution in [1.29, 1.82) is 0 Å². The van der Waals surface area contributed by atoms with Crippen LogP contribution in [0.5, 0.6) is 0 Å². The highest BCUT2D eigenvalue weighted by Gasteiger charge is 2.46. The first-order chi connectivity index (χ1) is 12.2. The van der Waals surface area contributed by atoms with Crippen molar-refractivity contribution in [3.63, 3.8) is 0 Å². The van der Waals surface area contributed by atoms with Gasteiger partial charge < -0.3 is 19.7 Å². The number of likely N-dealkylation sites (tertiary alicyclic amines) is 1. The molecule has 0 saturated carbocycles. The van der Waals surface area contributed by atoms with Gasteiger partial charge in [-0.3, -0.25) is 14.6 Å². The largest absolute Gasteiger partial charge is 0.381 e. The van der Waals surface area contributed by atoms with E-state index in [9.17, 15) is 9.59 Å². The second-order valence-corrected chi connectivity index (χ2v) is 7.05. The van der Waals surface area contributed by atoms with Gasteiger partial charge in [-0.25, -0.2) is 0 Å². The highest BCUT2D eigenvalue weighted by Crippen LogP contribution is 2.34. The molecule has 7 heteroatoms. The van der Waals surface area contributed by atoms with Crippen molar-refractivity contribution in [3.05, 3.63) is 30.1 Å². The number of carbonyl (C=O) groups is 2. The van der Waals surface area contributed by atoms with Gasteiger partial charge in [0.2, 0.25) is 5.91 Å². The third-order valence-electron chi connectivity index (χ3n) is 5.48. The zero-order valence-electron chi connectivity index (χ0n) is 14.1. The molecule has 0 spiro atoms. The van der Waals surface area contributed by atoms with Crippen molar-refractivity contribution in [2.75, 3.05) is 39.5 Å². The molecule has 0 aromatic carbocycles. The van der Waals surface area contributed by atoms with Crippen LogP contribution in [0.3, 0.4) is 0 Å². The predicted molar refractivity (Wildman–Crippen MR) is 88.8 cm³/mol. The lowest BCUT2D eigenvalue weighted by Gasteiger charge is -2.22. The summed E-state index contributed by atoms with van der Waals surface area (Å²) in [7, 11) is 0. The van der Waals surface area contributed by atoms with E-state index in [2.05, 4.69) is 10.3 Å². The minimum Gasteiger partial charge on any atom is -0.381 e. The van der Waals surface area contributed by atoms with Crippen LogP contribution in [0.2, 0.25) is 0 Å². The lowest BCUT2D eigenvalue weighted by molar-refractivity contribution is -0.135. The topological polar surface area (TPSA) is 80.8 Å². The monoisotopic (exact) mass is 345 g/mol. The maximum absolute atomic E-state index is 12.6. The van der Waals surface area contributed by atoms with Gasteiger partial charge >= 0.3 is 0 Å². The summed E-state index contributed by atoms with van der Waals surface area (Å²) >= 11 is 0. The maximum Gasteiger partial charge on any atom is 0.252 e. The molecule has 1 unspecified atom stereocenters. The summed E-state index contributed by atoms with van der Waals surface area (Å²) in [6.07, 6.45) is 4.11. The fourth-order valence-electron chi connectivity index (χ4n) is 4.00. The number of aromatic nitrogens is 1. The number of carbonyl (C=O) groups excluding carboxylic acids is 2.